The molecule has 3 heteroatoms. The molecule has 0 radical (unpaired) electrons. The number of halogens is 1. The highest BCUT2D eigenvalue weighted by molar-refractivity contribution is 5.81. The van der Waals surface area contributed by atoms with Crippen LogP contribution in [0, 0.1) is 11.8 Å². The van der Waals surface area contributed by atoms with E-state index in [0.29, 0.717) is 24.7 Å². The van der Waals surface area contributed by atoms with Crippen LogP contribution < -0.4 is 0 Å². The average Bonchev–Trinajstić information content (AvgIpc) is 2.16. The van der Waals surface area contributed by atoms with Gasteiger partial charge < -0.3 is 5.11 Å². The third-order valence-electron chi connectivity index (χ3n) is 3.47. The molecule has 0 aliphatic heterocycles. The van der Waals surface area contributed by atoms with E-state index in [1.807, 2.05) is 6.92 Å². The van der Waals surface area contributed by atoms with Crippen molar-refractivity contribution in [1.29, 1.82) is 0 Å². The van der Waals surface area contributed by atoms with Gasteiger partial charge in [-0.25, -0.2) is 4.39 Å². The third-order valence-corrected chi connectivity index (χ3v) is 3.47. The highest BCUT2D eigenvalue weighted by atomic mass is 19.1. The van der Waals surface area contributed by atoms with Gasteiger partial charge in [-0.2, -0.15) is 0 Å². The summed E-state index contributed by atoms with van der Waals surface area (Å²) in [4.78, 5) is 4.12. The first-order valence-corrected chi connectivity index (χ1v) is 5.77. The van der Waals surface area contributed by atoms with Crippen LogP contribution in [0.25, 0.3) is 0 Å². The molecule has 0 bridgehead atoms. The predicted octanol–water partition coefficient (Wildman–Crippen LogP) is 2.60. The van der Waals surface area contributed by atoms with Gasteiger partial charge in [0.05, 0.1) is 6.10 Å². The van der Waals surface area contributed by atoms with Crippen LogP contribution in [-0.4, -0.2) is 30.1 Å². The van der Waals surface area contributed by atoms with Crippen LogP contribution in [-0.2, 0) is 0 Å². The Morgan fingerprint density at radius 2 is 2.13 bits per heavy atom. The third kappa shape index (κ3) is 3.90. The molecule has 4 unspecified atom stereocenters. The van der Waals surface area contributed by atoms with E-state index in [9.17, 15) is 9.50 Å². The van der Waals surface area contributed by atoms with E-state index in [0.717, 1.165) is 18.6 Å². The maximum Gasteiger partial charge on any atom is 0.103 e. The molecule has 0 aromatic heterocycles. The summed E-state index contributed by atoms with van der Waals surface area (Å²) in [6.45, 7) is 4.13. The van der Waals surface area contributed by atoms with E-state index in [2.05, 4.69) is 11.9 Å². The lowest BCUT2D eigenvalue weighted by Gasteiger charge is -2.32. The Morgan fingerprint density at radius 3 is 2.67 bits per heavy atom. The van der Waals surface area contributed by atoms with Crippen LogP contribution in [0.1, 0.15) is 39.5 Å². The Labute approximate surface area is 91.6 Å². The van der Waals surface area contributed by atoms with Crippen LogP contribution >= 0.6 is 0 Å². The number of hydrogen-bond acceptors (Lipinski definition) is 2. The number of alkyl halides is 1. The van der Waals surface area contributed by atoms with Gasteiger partial charge in [-0.05, 0) is 38.0 Å². The second kappa shape index (κ2) is 5.59. The van der Waals surface area contributed by atoms with Crippen LogP contribution in [0.15, 0.2) is 4.99 Å². The average molecular weight is 215 g/mol. The molecule has 1 N–H and O–H groups in total. The van der Waals surface area contributed by atoms with E-state index in [1.54, 1.807) is 7.05 Å². The Kier molecular flexibility index (Phi) is 4.71. The summed E-state index contributed by atoms with van der Waals surface area (Å²) in [6, 6.07) is 0. The number of aliphatic hydroxyl groups is 1. The van der Waals surface area contributed by atoms with Crippen molar-refractivity contribution < 1.29 is 9.50 Å². The van der Waals surface area contributed by atoms with Gasteiger partial charge in [0.25, 0.3) is 0 Å². The number of aliphatic hydroxyl groups excluding tert-OH is 1. The minimum Gasteiger partial charge on any atom is -0.393 e. The van der Waals surface area contributed by atoms with E-state index in [1.165, 1.54) is 0 Å². The fourth-order valence-electron chi connectivity index (χ4n) is 2.45. The summed E-state index contributed by atoms with van der Waals surface area (Å²) < 4.78 is 13.3. The van der Waals surface area contributed by atoms with Crippen molar-refractivity contribution in [1.82, 2.24) is 0 Å². The van der Waals surface area contributed by atoms with Gasteiger partial charge >= 0.3 is 0 Å². The van der Waals surface area contributed by atoms with Crippen LogP contribution in [0.5, 0.6) is 0 Å². The van der Waals surface area contributed by atoms with Gasteiger partial charge in [0.2, 0.25) is 0 Å². The molecular formula is C12H22FNO. The summed E-state index contributed by atoms with van der Waals surface area (Å²) in [7, 11) is 1.79. The molecule has 15 heavy (non-hydrogen) atoms. The topological polar surface area (TPSA) is 32.6 Å². The molecule has 1 aliphatic rings. The lowest BCUT2D eigenvalue weighted by molar-refractivity contribution is 0.0384. The van der Waals surface area contributed by atoms with E-state index < -0.39 is 12.3 Å². The second-order valence-corrected chi connectivity index (χ2v) is 4.86. The smallest absolute Gasteiger partial charge is 0.103 e. The fourth-order valence-corrected chi connectivity index (χ4v) is 2.45. The molecule has 1 saturated carbocycles. The summed E-state index contributed by atoms with van der Waals surface area (Å²) in [5, 5.41) is 9.52. The molecule has 0 aromatic carbocycles. The van der Waals surface area contributed by atoms with Crippen molar-refractivity contribution in [3.05, 3.63) is 0 Å². The summed E-state index contributed by atoms with van der Waals surface area (Å²) in [5.41, 5.74) is 1.11. The van der Waals surface area contributed by atoms with Gasteiger partial charge in [0.15, 0.2) is 0 Å². The van der Waals surface area contributed by atoms with E-state index >= 15 is 0 Å². The molecule has 1 fully saturated rings. The van der Waals surface area contributed by atoms with Crippen molar-refractivity contribution >= 4 is 5.71 Å². The first-order chi connectivity index (χ1) is 7.02. The van der Waals surface area contributed by atoms with Crippen LogP contribution in [0.3, 0.4) is 0 Å². The first-order valence-electron chi connectivity index (χ1n) is 5.77. The first kappa shape index (κ1) is 12.6. The molecule has 0 spiro atoms. The van der Waals surface area contributed by atoms with Crippen LogP contribution in [0.2, 0.25) is 0 Å². The van der Waals surface area contributed by atoms with Gasteiger partial charge in [-0.15, -0.1) is 0 Å². The lowest BCUT2D eigenvalue weighted by Crippen LogP contribution is -2.31. The summed E-state index contributed by atoms with van der Waals surface area (Å²) in [6.07, 6.45) is 1.33. The predicted molar refractivity (Wildman–Crippen MR) is 61.1 cm³/mol. The fraction of sp³-hybridized carbons (Fsp3) is 0.917. The molecule has 0 heterocycles. The zero-order valence-electron chi connectivity index (χ0n) is 9.91. The standard InChI is InChI=1S/C12H22FNO/c1-8(4-9(2)14-3)10-5-11(13)7-12(15)6-10/h8,10-12,15H,4-7H2,1-3H3. The normalized spacial score (nSPS) is 35.3. The minimum atomic E-state index is -0.819. The van der Waals surface area contributed by atoms with Crippen LogP contribution in [0.4, 0.5) is 4.39 Å². The van der Waals surface area contributed by atoms with Crippen molar-refractivity contribution in [3.8, 4) is 0 Å². The maximum absolute atomic E-state index is 13.3. The molecule has 0 aromatic rings. The minimum absolute atomic E-state index is 0.306. The molecule has 1 rings (SSSR count). The number of rotatable bonds is 3. The summed E-state index contributed by atoms with van der Waals surface area (Å²) >= 11 is 0. The Morgan fingerprint density at radius 1 is 1.47 bits per heavy atom. The van der Waals surface area contributed by atoms with Gasteiger partial charge in [-0.3, -0.25) is 4.99 Å². The molecule has 0 saturated heterocycles. The highest BCUT2D eigenvalue weighted by Crippen LogP contribution is 2.33. The zero-order valence-corrected chi connectivity index (χ0v) is 9.91. The van der Waals surface area contributed by atoms with Crippen molar-refractivity contribution in [2.75, 3.05) is 7.05 Å². The van der Waals surface area contributed by atoms with E-state index in [4.69, 9.17) is 0 Å². The number of aliphatic imine (C=N–C) groups is 1. The summed E-state index contributed by atoms with van der Waals surface area (Å²) in [5.74, 6) is 0.724. The molecule has 2 nitrogen and oxygen atoms in total. The number of hydrogen-bond donors (Lipinski definition) is 1. The Balaban J connectivity index is 2.48. The quantitative estimate of drug-likeness (QED) is 0.721. The molecule has 4 atom stereocenters. The van der Waals surface area contributed by atoms with Crippen molar-refractivity contribution in [2.24, 2.45) is 16.8 Å². The van der Waals surface area contributed by atoms with E-state index in [-0.39, 0.29) is 0 Å². The highest BCUT2D eigenvalue weighted by Gasteiger charge is 2.30. The lowest BCUT2D eigenvalue weighted by atomic mass is 9.77. The van der Waals surface area contributed by atoms with Crippen molar-refractivity contribution in [2.45, 2.75) is 51.8 Å². The van der Waals surface area contributed by atoms with Gasteiger partial charge in [0.1, 0.15) is 6.17 Å². The zero-order chi connectivity index (χ0) is 11.4. The second-order valence-electron chi connectivity index (χ2n) is 4.86. The molecule has 1 aliphatic carbocycles. The Hall–Kier alpha value is -0.440. The van der Waals surface area contributed by atoms with Gasteiger partial charge in [0, 0.05) is 19.2 Å². The SMILES string of the molecule is CN=C(C)CC(C)C1CC(O)CC(F)C1. The molecular weight excluding hydrogens is 193 g/mol. The molecule has 88 valence electrons. The maximum atomic E-state index is 13.3. The monoisotopic (exact) mass is 215 g/mol. The number of nitrogens with zero attached hydrogens (tertiary/aromatic N) is 1. The molecule has 0 amide bonds. The van der Waals surface area contributed by atoms with Crippen molar-refractivity contribution in [3.63, 3.8) is 0 Å². The largest absolute Gasteiger partial charge is 0.393 e. The Bertz CT molecular complexity index is 220. The van der Waals surface area contributed by atoms with Gasteiger partial charge in [-0.1, -0.05) is 6.92 Å².